The molecule has 158 valence electrons. The van der Waals surface area contributed by atoms with Crippen LogP contribution >= 0.6 is 0 Å². The van der Waals surface area contributed by atoms with Gasteiger partial charge in [-0.05, 0) is 43.3 Å². The van der Waals surface area contributed by atoms with E-state index in [1.165, 1.54) is 0 Å². The molecule has 2 aromatic heterocycles. The van der Waals surface area contributed by atoms with E-state index in [0.717, 1.165) is 11.1 Å². The van der Waals surface area contributed by atoms with Crippen molar-refractivity contribution in [1.82, 2.24) is 9.97 Å². The number of hydrogen-bond acceptors (Lipinski definition) is 7. The van der Waals surface area contributed by atoms with Gasteiger partial charge in [-0.15, -0.1) is 0 Å². The van der Waals surface area contributed by atoms with Gasteiger partial charge in [0.05, 0.1) is 19.8 Å². The van der Waals surface area contributed by atoms with Crippen molar-refractivity contribution in [2.75, 3.05) is 43.1 Å². The molecule has 1 N–H and O–H groups in total. The van der Waals surface area contributed by atoms with Gasteiger partial charge in [0.1, 0.15) is 16.8 Å². The summed E-state index contributed by atoms with van der Waals surface area (Å²) in [6.45, 7) is 5.04. The average Bonchev–Trinajstić information content (AvgIpc) is 3.19. The van der Waals surface area contributed by atoms with Crippen LogP contribution in [0.15, 0.2) is 52.9 Å². The molecule has 8 heteroatoms. The van der Waals surface area contributed by atoms with E-state index in [1.54, 1.807) is 12.1 Å². The lowest BCUT2D eigenvalue weighted by molar-refractivity contribution is 0.101. The second-order valence-corrected chi connectivity index (χ2v) is 7.16. The molecule has 1 saturated heterocycles. The topological polar surface area (TPSA) is 89.7 Å². The molecule has 1 aliphatic heterocycles. The van der Waals surface area contributed by atoms with Gasteiger partial charge in [-0.25, -0.2) is 9.97 Å². The Morgan fingerprint density at radius 3 is 2.65 bits per heavy atom. The summed E-state index contributed by atoms with van der Waals surface area (Å²) in [5, 5.41) is 3.72. The van der Waals surface area contributed by atoms with Gasteiger partial charge in [0, 0.05) is 24.2 Å². The molecule has 5 rings (SSSR count). The first kappa shape index (κ1) is 19.3. The van der Waals surface area contributed by atoms with E-state index in [9.17, 15) is 4.79 Å². The monoisotopic (exact) mass is 418 g/mol. The molecule has 2 aromatic carbocycles. The molecule has 0 unspecified atom stereocenters. The Hall–Kier alpha value is -3.65. The van der Waals surface area contributed by atoms with Crippen LogP contribution in [-0.2, 0) is 4.74 Å². The number of nitrogens with zero attached hydrogens (tertiary/aromatic N) is 3. The summed E-state index contributed by atoms with van der Waals surface area (Å²) in [6.07, 6.45) is 0. The number of anilines is 2. The molecule has 1 aliphatic rings. The highest BCUT2D eigenvalue weighted by Gasteiger charge is 2.24. The van der Waals surface area contributed by atoms with Crippen LogP contribution in [0.5, 0.6) is 5.75 Å². The van der Waals surface area contributed by atoms with Crippen LogP contribution in [0.3, 0.4) is 0 Å². The summed E-state index contributed by atoms with van der Waals surface area (Å²) in [6, 6.07) is 14.9. The standard InChI is InChI=1S/C23H22N4O4/c1-2-30-16-9-7-15(8-10-16)24-23(28)21-25-19-17-5-3-4-6-18(17)31-20(19)22(26-21)27-11-13-29-14-12-27/h3-10H,2,11-14H2,1H3,(H,24,28). The van der Waals surface area contributed by atoms with Gasteiger partial charge < -0.3 is 24.1 Å². The Morgan fingerprint density at radius 2 is 1.87 bits per heavy atom. The van der Waals surface area contributed by atoms with Gasteiger partial charge in [-0.1, -0.05) is 12.1 Å². The van der Waals surface area contributed by atoms with Gasteiger partial charge in [-0.3, -0.25) is 4.79 Å². The molecule has 0 atom stereocenters. The smallest absolute Gasteiger partial charge is 0.293 e. The third-order valence-corrected chi connectivity index (χ3v) is 5.14. The fourth-order valence-electron chi connectivity index (χ4n) is 3.66. The third kappa shape index (κ3) is 3.77. The number of carbonyl (C=O) groups excluding carboxylic acids is 1. The molecule has 1 fully saturated rings. The lowest BCUT2D eigenvalue weighted by Crippen LogP contribution is -2.37. The van der Waals surface area contributed by atoms with Crippen LogP contribution in [0.1, 0.15) is 17.5 Å². The zero-order valence-corrected chi connectivity index (χ0v) is 17.1. The number of hydrogen-bond donors (Lipinski definition) is 1. The Kier molecular flexibility index (Phi) is 5.13. The molecule has 0 bridgehead atoms. The quantitative estimate of drug-likeness (QED) is 0.526. The molecular formula is C23H22N4O4. The maximum atomic E-state index is 13.0. The van der Waals surface area contributed by atoms with E-state index in [0.29, 0.717) is 61.1 Å². The number of ether oxygens (including phenoxy) is 2. The number of carbonyl (C=O) groups is 1. The van der Waals surface area contributed by atoms with Gasteiger partial charge in [0.15, 0.2) is 11.4 Å². The van der Waals surface area contributed by atoms with Gasteiger partial charge in [0.2, 0.25) is 5.82 Å². The number of morpholine rings is 1. The zero-order valence-electron chi connectivity index (χ0n) is 17.1. The molecular weight excluding hydrogens is 396 g/mol. The van der Waals surface area contributed by atoms with Crippen molar-refractivity contribution in [3.8, 4) is 5.75 Å². The number of rotatable bonds is 5. The Morgan fingerprint density at radius 1 is 1.10 bits per heavy atom. The predicted molar refractivity (Wildman–Crippen MR) is 118 cm³/mol. The lowest BCUT2D eigenvalue weighted by Gasteiger charge is -2.27. The number of furan rings is 1. The van der Waals surface area contributed by atoms with E-state index in [-0.39, 0.29) is 11.7 Å². The summed E-state index contributed by atoms with van der Waals surface area (Å²) < 4.78 is 17.0. The minimum Gasteiger partial charge on any atom is -0.494 e. The van der Waals surface area contributed by atoms with Crippen LogP contribution in [-0.4, -0.2) is 48.8 Å². The minimum absolute atomic E-state index is 0.0921. The maximum Gasteiger partial charge on any atom is 0.293 e. The summed E-state index contributed by atoms with van der Waals surface area (Å²) in [7, 11) is 0. The van der Waals surface area contributed by atoms with Crippen LogP contribution in [0.4, 0.5) is 11.5 Å². The summed E-state index contributed by atoms with van der Waals surface area (Å²) in [5.74, 6) is 1.07. The second-order valence-electron chi connectivity index (χ2n) is 7.16. The molecule has 0 saturated carbocycles. The van der Waals surface area contributed by atoms with Crippen LogP contribution in [0, 0.1) is 0 Å². The largest absolute Gasteiger partial charge is 0.494 e. The van der Waals surface area contributed by atoms with Gasteiger partial charge in [-0.2, -0.15) is 0 Å². The molecule has 0 aliphatic carbocycles. The highest BCUT2D eigenvalue weighted by molar-refractivity contribution is 6.09. The van der Waals surface area contributed by atoms with Crippen LogP contribution < -0.4 is 15.0 Å². The van der Waals surface area contributed by atoms with Crippen molar-refractivity contribution < 1.29 is 18.7 Å². The van der Waals surface area contributed by atoms with E-state index in [4.69, 9.17) is 13.9 Å². The predicted octanol–water partition coefficient (Wildman–Crippen LogP) is 3.86. The van der Waals surface area contributed by atoms with Crippen molar-refractivity contribution in [1.29, 1.82) is 0 Å². The van der Waals surface area contributed by atoms with Crippen molar-refractivity contribution >= 4 is 39.5 Å². The molecule has 4 aromatic rings. The Balaban J connectivity index is 1.54. The zero-order chi connectivity index (χ0) is 21.2. The highest BCUT2D eigenvalue weighted by Crippen LogP contribution is 2.33. The lowest BCUT2D eigenvalue weighted by atomic mass is 10.2. The van der Waals surface area contributed by atoms with Crippen molar-refractivity contribution in [3.63, 3.8) is 0 Å². The SMILES string of the molecule is CCOc1ccc(NC(=O)c2nc(N3CCOCC3)c3oc4ccccc4c3n2)cc1. The summed E-state index contributed by atoms with van der Waals surface area (Å²) >= 11 is 0. The first-order valence-corrected chi connectivity index (χ1v) is 10.3. The number of nitrogens with one attached hydrogen (secondary N) is 1. The molecule has 8 nitrogen and oxygen atoms in total. The number of fused-ring (bicyclic) bond motifs is 3. The minimum atomic E-state index is -0.383. The molecule has 0 radical (unpaired) electrons. The van der Waals surface area contributed by atoms with E-state index < -0.39 is 0 Å². The van der Waals surface area contributed by atoms with E-state index in [2.05, 4.69) is 20.2 Å². The third-order valence-electron chi connectivity index (χ3n) is 5.14. The number of benzene rings is 2. The van der Waals surface area contributed by atoms with E-state index in [1.807, 2.05) is 43.3 Å². The number of aromatic nitrogens is 2. The fraction of sp³-hybridized carbons (Fsp3) is 0.261. The van der Waals surface area contributed by atoms with Crippen molar-refractivity contribution in [3.05, 3.63) is 54.4 Å². The second kappa shape index (κ2) is 8.23. The van der Waals surface area contributed by atoms with Crippen molar-refractivity contribution in [2.45, 2.75) is 6.92 Å². The Labute approximate surface area is 178 Å². The molecule has 31 heavy (non-hydrogen) atoms. The fourth-order valence-corrected chi connectivity index (χ4v) is 3.66. The molecule has 0 spiro atoms. The van der Waals surface area contributed by atoms with Gasteiger partial charge in [0.25, 0.3) is 5.91 Å². The average molecular weight is 418 g/mol. The highest BCUT2D eigenvalue weighted by atomic mass is 16.5. The number of amides is 1. The normalized spacial score (nSPS) is 14.2. The number of para-hydroxylation sites is 1. The van der Waals surface area contributed by atoms with Crippen molar-refractivity contribution in [2.24, 2.45) is 0 Å². The van der Waals surface area contributed by atoms with Crippen LogP contribution in [0.25, 0.3) is 22.1 Å². The first-order chi connectivity index (χ1) is 15.2. The van der Waals surface area contributed by atoms with Gasteiger partial charge >= 0.3 is 0 Å². The first-order valence-electron chi connectivity index (χ1n) is 10.3. The molecule has 3 heterocycles. The Bertz CT molecular complexity index is 1230. The molecule has 1 amide bonds. The summed E-state index contributed by atoms with van der Waals surface area (Å²) in [4.78, 5) is 24.2. The summed E-state index contributed by atoms with van der Waals surface area (Å²) in [5.41, 5.74) is 2.57. The van der Waals surface area contributed by atoms with E-state index >= 15 is 0 Å². The maximum absolute atomic E-state index is 13.0. The van der Waals surface area contributed by atoms with Crippen LogP contribution in [0.2, 0.25) is 0 Å².